The molecule has 2 rings (SSSR count). The third-order valence-corrected chi connectivity index (χ3v) is 5.14. The Kier molecular flexibility index (Phi) is 3.12. The summed E-state index contributed by atoms with van der Waals surface area (Å²) in [5.74, 6) is 0. The first-order valence-electron chi connectivity index (χ1n) is 5.81. The lowest BCUT2D eigenvalue weighted by atomic mass is 10.1. The first-order valence-corrected chi connectivity index (χ1v) is 7.25. The van der Waals surface area contributed by atoms with Crippen molar-refractivity contribution in [1.29, 1.82) is 0 Å². The molecule has 5 nitrogen and oxygen atoms in total. The molecule has 6 heteroatoms. The Morgan fingerprint density at radius 2 is 2.11 bits per heavy atom. The minimum atomic E-state index is -3.53. The van der Waals surface area contributed by atoms with E-state index in [1.165, 1.54) is 10.4 Å². The van der Waals surface area contributed by atoms with Crippen LogP contribution in [0.3, 0.4) is 0 Å². The van der Waals surface area contributed by atoms with Crippen LogP contribution in [0.4, 0.5) is 5.69 Å². The lowest BCUT2D eigenvalue weighted by Gasteiger charge is -2.19. The molecule has 1 unspecified atom stereocenters. The topological polar surface area (TPSA) is 83.6 Å². The van der Waals surface area contributed by atoms with E-state index in [1.807, 2.05) is 0 Å². The summed E-state index contributed by atoms with van der Waals surface area (Å²) in [6, 6.07) is 4.67. The van der Waals surface area contributed by atoms with Crippen molar-refractivity contribution in [2.24, 2.45) is 0 Å². The quantitative estimate of drug-likeness (QED) is 0.776. The zero-order chi connectivity index (χ0) is 13.6. The normalized spacial score (nSPS) is 25.5. The molecule has 1 aromatic carbocycles. The third kappa shape index (κ3) is 2.36. The van der Waals surface area contributed by atoms with Crippen LogP contribution in [0.2, 0.25) is 0 Å². The van der Waals surface area contributed by atoms with Crippen LogP contribution in [0.15, 0.2) is 23.1 Å². The summed E-state index contributed by atoms with van der Waals surface area (Å²) in [4.78, 5) is 0.229. The van der Waals surface area contributed by atoms with Gasteiger partial charge in [-0.05, 0) is 44.0 Å². The summed E-state index contributed by atoms with van der Waals surface area (Å²) in [6.07, 6.45) is 0.459. The molecule has 3 N–H and O–H groups in total. The molecular weight excluding hydrogens is 252 g/mol. The van der Waals surface area contributed by atoms with Gasteiger partial charge in [-0.15, -0.1) is 0 Å². The molecule has 1 saturated heterocycles. The summed E-state index contributed by atoms with van der Waals surface area (Å²) in [7, 11) is -3.53. The molecule has 1 fully saturated rings. The average Bonchev–Trinajstić information content (AvgIpc) is 2.63. The van der Waals surface area contributed by atoms with Crippen molar-refractivity contribution >= 4 is 15.7 Å². The smallest absolute Gasteiger partial charge is 0.243 e. The minimum absolute atomic E-state index is 0.138. The van der Waals surface area contributed by atoms with Crippen molar-refractivity contribution in [3.05, 3.63) is 23.8 Å². The van der Waals surface area contributed by atoms with Crippen molar-refractivity contribution in [3.63, 3.8) is 0 Å². The Bertz CT molecular complexity index is 567. The van der Waals surface area contributed by atoms with Gasteiger partial charge in [-0.25, -0.2) is 8.42 Å². The van der Waals surface area contributed by atoms with Crippen LogP contribution >= 0.6 is 0 Å². The number of sulfonamides is 1. The van der Waals surface area contributed by atoms with Gasteiger partial charge in [0, 0.05) is 18.8 Å². The zero-order valence-electron chi connectivity index (χ0n) is 10.5. The fourth-order valence-corrected chi connectivity index (χ4v) is 3.71. The number of benzene rings is 1. The number of aliphatic hydroxyl groups is 1. The minimum Gasteiger partial charge on any atom is -0.399 e. The van der Waals surface area contributed by atoms with Crippen LogP contribution in [-0.2, 0) is 10.0 Å². The van der Waals surface area contributed by atoms with Gasteiger partial charge >= 0.3 is 0 Å². The lowest BCUT2D eigenvalue weighted by molar-refractivity contribution is 0.0762. The van der Waals surface area contributed by atoms with E-state index < -0.39 is 15.6 Å². The summed E-state index contributed by atoms with van der Waals surface area (Å²) in [6.45, 7) is 3.91. The summed E-state index contributed by atoms with van der Waals surface area (Å²) < 4.78 is 26.0. The van der Waals surface area contributed by atoms with Crippen molar-refractivity contribution < 1.29 is 13.5 Å². The highest BCUT2D eigenvalue weighted by Crippen LogP contribution is 2.27. The van der Waals surface area contributed by atoms with E-state index in [9.17, 15) is 13.5 Å². The Labute approximate surface area is 107 Å². The molecule has 1 atom stereocenters. The molecule has 0 bridgehead atoms. The van der Waals surface area contributed by atoms with Gasteiger partial charge in [0.1, 0.15) is 0 Å². The van der Waals surface area contributed by atoms with Crippen molar-refractivity contribution in [2.45, 2.75) is 30.8 Å². The lowest BCUT2D eigenvalue weighted by Crippen LogP contribution is -2.33. The second kappa shape index (κ2) is 4.22. The largest absolute Gasteiger partial charge is 0.399 e. The van der Waals surface area contributed by atoms with Gasteiger partial charge in [0.25, 0.3) is 0 Å². The maximum absolute atomic E-state index is 12.4. The molecule has 1 heterocycles. The van der Waals surface area contributed by atoms with E-state index >= 15 is 0 Å². The van der Waals surface area contributed by atoms with E-state index in [-0.39, 0.29) is 11.4 Å². The van der Waals surface area contributed by atoms with Gasteiger partial charge < -0.3 is 10.8 Å². The van der Waals surface area contributed by atoms with Crippen molar-refractivity contribution in [3.8, 4) is 0 Å². The first kappa shape index (κ1) is 13.3. The predicted octanol–water partition coefficient (Wildman–Crippen LogP) is 0.723. The Hall–Kier alpha value is -1.11. The molecule has 0 radical (unpaired) electrons. The predicted molar refractivity (Wildman–Crippen MR) is 69.6 cm³/mol. The van der Waals surface area contributed by atoms with E-state index in [2.05, 4.69) is 0 Å². The number of hydrogen-bond acceptors (Lipinski definition) is 4. The van der Waals surface area contributed by atoms with Gasteiger partial charge in [-0.2, -0.15) is 4.31 Å². The Morgan fingerprint density at radius 3 is 2.61 bits per heavy atom. The Morgan fingerprint density at radius 1 is 1.44 bits per heavy atom. The van der Waals surface area contributed by atoms with Crippen LogP contribution in [0.5, 0.6) is 0 Å². The molecule has 0 spiro atoms. The van der Waals surface area contributed by atoms with E-state index in [1.54, 1.807) is 26.0 Å². The number of nitrogens with zero attached hydrogens (tertiary/aromatic N) is 1. The number of rotatable bonds is 2. The van der Waals surface area contributed by atoms with Gasteiger partial charge in [0.05, 0.1) is 10.5 Å². The molecule has 0 aliphatic carbocycles. The molecular formula is C12H18N2O3S. The Balaban J connectivity index is 2.34. The van der Waals surface area contributed by atoms with E-state index in [4.69, 9.17) is 5.73 Å². The van der Waals surface area contributed by atoms with Gasteiger partial charge in [-0.1, -0.05) is 0 Å². The van der Waals surface area contributed by atoms with Crippen LogP contribution in [0, 0.1) is 6.92 Å². The van der Waals surface area contributed by atoms with Gasteiger partial charge in [0.15, 0.2) is 0 Å². The van der Waals surface area contributed by atoms with Gasteiger partial charge in [0.2, 0.25) is 10.0 Å². The molecule has 100 valence electrons. The molecule has 1 aliphatic heterocycles. The number of nitrogen functional groups attached to an aromatic ring is 1. The third-order valence-electron chi connectivity index (χ3n) is 3.30. The molecule has 1 aliphatic rings. The fourth-order valence-electron chi connectivity index (χ4n) is 2.07. The van der Waals surface area contributed by atoms with Crippen LogP contribution in [0.25, 0.3) is 0 Å². The number of β-amino-alcohol motifs (C(OH)–C–C–N with tert-alkyl or cyclic N) is 1. The number of anilines is 1. The molecule has 0 aromatic heterocycles. The van der Waals surface area contributed by atoms with Crippen molar-refractivity contribution in [1.82, 2.24) is 4.31 Å². The number of nitrogens with two attached hydrogens (primary N) is 1. The van der Waals surface area contributed by atoms with Crippen LogP contribution in [0.1, 0.15) is 18.9 Å². The highest BCUT2D eigenvalue weighted by Gasteiger charge is 2.38. The maximum atomic E-state index is 12.4. The second-order valence-electron chi connectivity index (χ2n) is 5.10. The van der Waals surface area contributed by atoms with E-state index in [0.29, 0.717) is 18.7 Å². The summed E-state index contributed by atoms with van der Waals surface area (Å²) in [5, 5.41) is 9.85. The van der Waals surface area contributed by atoms with Crippen LogP contribution in [-0.4, -0.2) is 36.5 Å². The van der Waals surface area contributed by atoms with Gasteiger partial charge in [-0.3, -0.25) is 0 Å². The first-order chi connectivity index (χ1) is 8.22. The number of aryl methyl sites for hydroxylation is 1. The highest BCUT2D eigenvalue weighted by molar-refractivity contribution is 7.89. The molecule has 1 aromatic rings. The monoisotopic (exact) mass is 270 g/mol. The average molecular weight is 270 g/mol. The summed E-state index contributed by atoms with van der Waals surface area (Å²) in [5.41, 5.74) is 6.06. The molecule has 18 heavy (non-hydrogen) atoms. The summed E-state index contributed by atoms with van der Waals surface area (Å²) >= 11 is 0. The van der Waals surface area contributed by atoms with Crippen molar-refractivity contribution in [2.75, 3.05) is 18.8 Å². The van der Waals surface area contributed by atoms with E-state index in [0.717, 1.165) is 5.56 Å². The number of hydrogen-bond donors (Lipinski definition) is 2. The zero-order valence-corrected chi connectivity index (χ0v) is 11.4. The van der Waals surface area contributed by atoms with Crippen LogP contribution < -0.4 is 5.73 Å². The fraction of sp³-hybridized carbons (Fsp3) is 0.500. The second-order valence-corrected chi connectivity index (χ2v) is 7.04. The maximum Gasteiger partial charge on any atom is 0.243 e. The SMILES string of the molecule is Cc1cc(S(=O)(=O)N2CCC(C)(O)C2)ccc1N. The highest BCUT2D eigenvalue weighted by atomic mass is 32.2. The standard InChI is InChI=1S/C12H18N2O3S/c1-9-7-10(3-4-11(9)13)18(16,17)14-6-5-12(2,15)8-14/h3-4,7,15H,5-6,8,13H2,1-2H3. The molecule has 0 amide bonds. The molecule has 0 saturated carbocycles.